The van der Waals surface area contributed by atoms with Crippen LogP contribution in [0.5, 0.6) is 5.75 Å². The minimum Gasteiger partial charge on any atom is -0.497 e. The zero-order valence-electron chi connectivity index (χ0n) is 33.1. The van der Waals surface area contributed by atoms with Crippen LogP contribution in [-0.2, 0) is 0 Å². The molecule has 1 aromatic carbocycles. The highest BCUT2D eigenvalue weighted by Gasteiger charge is 2.38. The largest absolute Gasteiger partial charge is 0.497 e. The van der Waals surface area contributed by atoms with E-state index >= 15 is 0 Å². The molecule has 0 aromatic heterocycles. The van der Waals surface area contributed by atoms with Crippen molar-refractivity contribution < 1.29 is 41.4 Å². The maximum atomic E-state index is 12.0. The maximum Gasteiger partial charge on any atom is 0.118 e. The lowest BCUT2D eigenvalue weighted by atomic mass is 9.72. The first-order chi connectivity index (χ1) is 18.6. The summed E-state index contributed by atoms with van der Waals surface area (Å²) >= 11 is 0. The molecule has 0 radical (unpaired) electrons. The fourth-order valence-corrected chi connectivity index (χ4v) is 1.64. The molecular formula is C17H27NO2. The molecule has 1 saturated carbocycles. The van der Waals surface area contributed by atoms with Crippen molar-refractivity contribution in [3.8, 4) is 5.75 Å². The van der Waals surface area contributed by atoms with Crippen molar-refractivity contribution in [1.29, 1.82) is 0 Å². The zero-order chi connectivity index (χ0) is 34.5. The summed E-state index contributed by atoms with van der Waals surface area (Å²) in [6.07, 6.45) is -21.2. The predicted octanol–water partition coefficient (Wildman–Crippen LogP) is 3.04. The van der Waals surface area contributed by atoms with Crippen LogP contribution in [0, 0.1) is 0 Å². The second kappa shape index (κ2) is 6.59. The monoisotopic (exact) mass is 300 g/mol. The molecule has 0 unspecified atom stereocenters. The summed E-state index contributed by atoms with van der Waals surface area (Å²) in [5.74, 6) is -4.25. The average Bonchev–Trinajstić information content (AvgIpc) is 2.78. The molecule has 0 saturated heterocycles. The van der Waals surface area contributed by atoms with Crippen molar-refractivity contribution in [3.05, 3.63) is 29.7 Å². The minimum absolute atomic E-state index is 0.415. The van der Waals surface area contributed by atoms with Crippen LogP contribution in [0.25, 0.3) is 0 Å². The Balaban J connectivity index is 3.25. The highest BCUT2D eigenvalue weighted by atomic mass is 16.5. The normalized spacial score (nSPS) is 51.2. The number of likely N-dealkylation sites (N-methyl/N-ethyl adjacent to an activating group) is 1. The molecule has 3 heteroatoms. The molecule has 1 atom stereocenters. The van der Waals surface area contributed by atoms with E-state index in [9.17, 15) is 5.11 Å². The molecule has 0 amide bonds. The van der Waals surface area contributed by atoms with Crippen molar-refractivity contribution >= 4 is 0 Å². The van der Waals surface area contributed by atoms with E-state index in [1.807, 2.05) is 0 Å². The first-order valence-electron chi connectivity index (χ1n) is 16.9. The number of hydrogen-bond donors (Lipinski definition) is 1. The average molecular weight is 301 g/mol. The third-order valence-electron chi connectivity index (χ3n) is 2.57. The highest BCUT2D eigenvalue weighted by molar-refractivity contribution is 5.31. The van der Waals surface area contributed by atoms with Gasteiger partial charge in [0.15, 0.2) is 0 Å². The molecule has 0 spiro atoms. The lowest BCUT2D eigenvalue weighted by molar-refractivity contribution is -0.0277. The van der Waals surface area contributed by atoms with Gasteiger partial charge in [0.25, 0.3) is 0 Å². The van der Waals surface area contributed by atoms with Gasteiger partial charge >= 0.3 is 0 Å². The number of hydrogen-bond acceptors (Lipinski definition) is 3. The second-order valence-electron chi connectivity index (χ2n) is 3.90. The van der Waals surface area contributed by atoms with Crippen LogP contribution < -0.4 is 4.74 Å². The van der Waals surface area contributed by atoms with Gasteiger partial charge in [-0.2, -0.15) is 0 Å². The molecule has 1 fully saturated rings. The first-order valence-corrected chi connectivity index (χ1v) is 5.38. The van der Waals surface area contributed by atoms with Gasteiger partial charge in [0.05, 0.1) is 22.2 Å². The Labute approximate surface area is 154 Å². The van der Waals surface area contributed by atoms with Gasteiger partial charge in [-0.05, 0) is 44.3 Å². The van der Waals surface area contributed by atoms with Gasteiger partial charge in [-0.3, -0.25) is 0 Å². The Morgan fingerprint density at radius 1 is 1.35 bits per heavy atom. The molecule has 0 aliphatic heterocycles. The van der Waals surface area contributed by atoms with E-state index in [1.165, 1.54) is 0 Å². The number of methoxy groups -OCH3 is 1. The van der Waals surface area contributed by atoms with E-state index < -0.39 is 111 Å². The molecule has 1 aromatic rings. The summed E-state index contributed by atoms with van der Waals surface area (Å²) in [5.41, 5.74) is -5.76. The summed E-state index contributed by atoms with van der Waals surface area (Å²) in [7, 11) is -3.36. The quantitative estimate of drug-likeness (QED) is 0.907. The maximum absolute atomic E-state index is 12.0. The van der Waals surface area contributed by atoms with Crippen LogP contribution >= 0.6 is 0 Å². The number of aliphatic hydroxyl groups is 1. The van der Waals surface area contributed by atoms with Gasteiger partial charge in [-0.15, -0.1) is 0 Å². The molecular weight excluding hydrogens is 250 g/mol. The molecule has 0 heterocycles. The van der Waals surface area contributed by atoms with Crippen LogP contribution in [0.4, 0.5) is 0 Å². The molecule has 112 valence electrons. The Kier molecular flexibility index (Phi) is 1.09. The third-order valence-corrected chi connectivity index (χ3v) is 2.57. The lowest BCUT2D eigenvalue weighted by Crippen LogP contribution is -2.42. The first kappa shape index (κ1) is 3.31. The van der Waals surface area contributed by atoms with Gasteiger partial charge in [0.2, 0.25) is 0 Å². The van der Waals surface area contributed by atoms with Crippen LogP contribution in [-0.4, -0.2) is 43.1 Å². The smallest absolute Gasteiger partial charge is 0.118 e. The lowest BCUT2D eigenvalue weighted by Gasteiger charge is -2.40. The Morgan fingerprint density at radius 2 is 2.05 bits per heavy atom. The van der Waals surface area contributed by atoms with Crippen molar-refractivity contribution in [2.45, 2.75) is 43.4 Å². The number of ether oxygens (including phenoxy) is 1. The van der Waals surface area contributed by atoms with Gasteiger partial charge in [-0.25, -0.2) is 0 Å². The molecule has 1 N–H and O–H groups in total. The predicted molar refractivity (Wildman–Crippen MR) is 82.3 cm³/mol. The van der Waals surface area contributed by atoms with Gasteiger partial charge in [-0.1, -0.05) is 31.2 Å². The van der Waals surface area contributed by atoms with Crippen LogP contribution in [0.1, 0.15) is 74.9 Å². The van der Waals surface area contributed by atoms with Crippen LogP contribution in [0.2, 0.25) is 0 Å². The van der Waals surface area contributed by atoms with Crippen LogP contribution in [0.3, 0.4) is 0 Å². The highest BCUT2D eigenvalue weighted by Crippen LogP contribution is 2.40. The van der Waals surface area contributed by atoms with Crippen molar-refractivity contribution in [3.63, 3.8) is 0 Å². The van der Waals surface area contributed by atoms with E-state index in [1.54, 1.807) is 0 Å². The van der Waals surface area contributed by atoms with Gasteiger partial charge in [0, 0.05) is 34.4 Å². The molecule has 1 aliphatic rings. The van der Waals surface area contributed by atoms with Gasteiger partial charge < -0.3 is 14.7 Å². The fourth-order valence-electron chi connectivity index (χ4n) is 1.64. The number of nitrogens with zero attached hydrogens (tertiary/aromatic N) is 1. The number of benzene rings is 1. The van der Waals surface area contributed by atoms with Crippen molar-refractivity contribution in [2.24, 2.45) is 0 Å². The fraction of sp³-hybridized carbons (Fsp3) is 0.647. The third kappa shape index (κ3) is 3.53. The summed E-state index contributed by atoms with van der Waals surface area (Å²) in [4.78, 5) is -0.415. The Bertz CT molecular complexity index is 1170. The van der Waals surface area contributed by atoms with E-state index in [4.69, 9.17) is 31.5 Å². The summed E-state index contributed by atoms with van der Waals surface area (Å²) in [6.45, 7) is -9.24. The summed E-state index contributed by atoms with van der Waals surface area (Å²) in [6, 6.07) is -5.58. The van der Waals surface area contributed by atoms with Crippen molar-refractivity contribution in [2.75, 3.05) is 27.5 Å². The topological polar surface area (TPSA) is 32.7 Å². The van der Waals surface area contributed by atoms with Crippen molar-refractivity contribution in [1.82, 2.24) is 4.90 Å². The summed E-state index contributed by atoms with van der Waals surface area (Å²) in [5, 5.41) is 12.0. The summed E-state index contributed by atoms with van der Waals surface area (Å²) < 4.78 is 188. The Morgan fingerprint density at radius 3 is 2.65 bits per heavy atom. The van der Waals surface area contributed by atoms with E-state index in [0.29, 0.717) is 0 Å². The van der Waals surface area contributed by atoms with E-state index in [0.717, 1.165) is 0 Å². The van der Waals surface area contributed by atoms with E-state index in [2.05, 4.69) is 4.74 Å². The molecule has 1 aliphatic carbocycles. The zero-order valence-corrected chi connectivity index (χ0v) is 10.1. The SMILES string of the molecule is [2H]c1c([2H])c([C@@H](CN(C([2H])([2H])[2H])C([2H])([2H])[2H])C2(O)C([2H])([2H])C([2H])([2H])C([2H])([2H])C([2H])([2H])C2([2H])[2H])c([2H])c([2H])c1OC([2H])([2H])[2H]. The second-order valence-corrected chi connectivity index (χ2v) is 3.90. The standard InChI is InChI=1S/C17H27NO2/c1-18(2)13-16(17(19)11-5-4-6-12-17)14-7-9-15(20-3)10-8-14/h7-10,16,19H,4-6,11-13H2,1-3H3/t16-/m1/s1/i1D3,2D3,3D3,4D2,5D2,6D2,7D,8D,9D,10D,11D2,12D2. The van der Waals surface area contributed by atoms with Crippen LogP contribution in [0.15, 0.2) is 24.2 Å². The molecule has 0 bridgehead atoms. The van der Waals surface area contributed by atoms with Gasteiger partial charge in [0.1, 0.15) is 5.75 Å². The molecule has 2 rings (SSSR count). The minimum atomic E-state index is -4.40. The molecule has 20 heavy (non-hydrogen) atoms. The van der Waals surface area contributed by atoms with E-state index in [-0.39, 0.29) is 0 Å². The molecule has 3 nitrogen and oxygen atoms in total. The number of rotatable bonds is 5. The Hall–Kier alpha value is -1.06.